The van der Waals surface area contributed by atoms with Crippen molar-refractivity contribution in [1.29, 1.82) is 0 Å². The molecule has 1 heterocycles. The average molecular weight is 413 g/mol. The fourth-order valence-corrected chi connectivity index (χ4v) is 5.71. The molecule has 0 aromatic heterocycles. The Labute approximate surface area is 168 Å². The van der Waals surface area contributed by atoms with Crippen molar-refractivity contribution in [3.8, 4) is 0 Å². The number of thioether (sulfide) groups is 1. The Morgan fingerprint density at radius 3 is 2.19 bits per heavy atom. The molecule has 1 aliphatic heterocycles. The van der Waals surface area contributed by atoms with Gasteiger partial charge in [0.1, 0.15) is 0 Å². The number of carbonyl (C=O) groups is 1. The van der Waals surface area contributed by atoms with Crippen LogP contribution in [0.3, 0.4) is 0 Å². The lowest BCUT2D eigenvalue weighted by molar-refractivity contribution is 0.0720. The zero-order chi connectivity index (χ0) is 20.2. The van der Waals surface area contributed by atoms with E-state index < -0.39 is 10.0 Å². The number of nitrogens with zero attached hydrogens (tertiary/aromatic N) is 1. The van der Waals surface area contributed by atoms with E-state index in [4.69, 9.17) is 0 Å². The van der Waals surface area contributed by atoms with Crippen LogP contribution in [0.5, 0.6) is 0 Å². The van der Waals surface area contributed by atoms with Gasteiger partial charge in [0.2, 0.25) is 10.0 Å². The molecule has 0 spiro atoms. The van der Waals surface area contributed by atoms with Crippen LogP contribution in [0.25, 0.3) is 0 Å². The molecule has 0 radical (unpaired) electrons. The first-order valence-electron chi connectivity index (χ1n) is 9.67. The summed E-state index contributed by atoms with van der Waals surface area (Å²) in [4.78, 5) is 15.8. The third-order valence-electron chi connectivity index (χ3n) is 5.08. The Bertz CT molecular complexity index is 746. The highest BCUT2D eigenvalue weighted by atomic mass is 32.2. The molecule has 1 aliphatic rings. The normalized spacial score (nSPS) is 15.8. The molecule has 0 saturated carbocycles. The molecule has 152 valence electrons. The van der Waals surface area contributed by atoms with Gasteiger partial charge >= 0.3 is 0 Å². The van der Waals surface area contributed by atoms with Crippen molar-refractivity contribution in [1.82, 2.24) is 9.62 Å². The van der Waals surface area contributed by atoms with Crippen molar-refractivity contribution in [2.75, 3.05) is 19.3 Å². The zero-order valence-corrected chi connectivity index (χ0v) is 18.6. The van der Waals surface area contributed by atoms with Gasteiger partial charge in [-0.2, -0.15) is 0 Å². The smallest absolute Gasteiger partial charge is 0.255 e. The van der Waals surface area contributed by atoms with Crippen LogP contribution in [0.15, 0.2) is 28.0 Å². The van der Waals surface area contributed by atoms with Crippen LogP contribution < -0.4 is 4.72 Å². The van der Waals surface area contributed by atoms with Crippen LogP contribution in [0.1, 0.15) is 57.3 Å². The summed E-state index contributed by atoms with van der Waals surface area (Å²) in [6.45, 7) is 9.52. The van der Waals surface area contributed by atoms with Crippen LogP contribution >= 0.6 is 11.8 Å². The summed E-state index contributed by atoms with van der Waals surface area (Å²) in [5, 5.41) is 0. The molecule has 7 heteroatoms. The number of sulfonamides is 1. The fraction of sp³-hybridized carbons (Fsp3) is 0.650. The Hall–Kier alpha value is -1.05. The van der Waals surface area contributed by atoms with Gasteiger partial charge in [-0.05, 0) is 55.6 Å². The fourth-order valence-electron chi connectivity index (χ4n) is 3.58. The molecule has 1 aromatic carbocycles. The Morgan fingerprint density at radius 1 is 1.07 bits per heavy atom. The number of benzene rings is 1. The number of hydrogen-bond acceptors (Lipinski definition) is 4. The van der Waals surface area contributed by atoms with E-state index in [1.165, 1.54) is 11.8 Å². The van der Waals surface area contributed by atoms with Gasteiger partial charge in [0, 0.05) is 24.0 Å². The summed E-state index contributed by atoms with van der Waals surface area (Å²) in [6, 6.07) is 4.73. The van der Waals surface area contributed by atoms with E-state index in [1.807, 2.05) is 38.9 Å². The van der Waals surface area contributed by atoms with Gasteiger partial charge in [-0.1, -0.05) is 27.7 Å². The SMILES string of the molecule is CSc1ccc(S(=O)(=O)NC(C(C)C)C(C)C)cc1C(=O)N1CCCCC1. The van der Waals surface area contributed by atoms with E-state index >= 15 is 0 Å². The van der Waals surface area contributed by atoms with Crippen LogP contribution in [0.2, 0.25) is 0 Å². The molecule has 1 aromatic rings. The molecule has 1 N–H and O–H groups in total. The first-order chi connectivity index (χ1) is 12.7. The van der Waals surface area contributed by atoms with Crippen molar-refractivity contribution in [3.63, 3.8) is 0 Å². The lowest BCUT2D eigenvalue weighted by Crippen LogP contribution is -2.42. The highest BCUT2D eigenvalue weighted by Gasteiger charge is 2.27. The van der Waals surface area contributed by atoms with Crippen LogP contribution in [-0.4, -0.2) is 44.6 Å². The number of hydrogen-bond donors (Lipinski definition) is 1. The maximum absolute atomic E-state index is 13.0. The number of piperidine rings is 1. The number of likely N-dealkylation sites (tertiary alicyclic amines) is 1. The minimum absolute atomic E-state index is 0.0691. The first kappa shape index (κ1) is 22.2. The molecular weight excluding hydrogens is 380 g/mol. The molecule has 27 heavy (non-hydrogen) atoms. The molecule has 2 rings (SSSR count). The summed E-state index contributed by atoms with van der Waals surface area (Å²) < 4.78 is 28.8. The predicted molar refractivity (Wildman–Crippen MR) is 112 cm³/mol. The summed E-state index contributed by atoms with van der Waals surface area (Å²) in [5.74, 6) is 0.291. The van der Waals surface area contributed by atoms with Gasteiger partial charge in [-0.15, -0.1) is 11.8 Å². The van der Waals surface area contributed by atoms with Crippen LogP contribution in [0, 0.1) is 11.8 Å². The summed E-state index contributed by atoms with van der Waals surface area (Å²) in [5.41, 5.74) is 0.484. The lowest BCUT2D eigenvalue weighted by atomic mass is 9.94. The Morgan fingerprint density at radius 2 is 1.67 bits per heavy atom. The largest absolute Gasteiger partial charge is 0.339 e. The van der Waals surface area contributed by atoms with Gasteiger partial charge in [-0.3, -0.25) is 4.79 Å². The monoisotopic (exact) mass is 412 g/mol. The second kappa shape index (κ2) is 9.43. The molecular formula is C20H32N2O3S2. The minimum Gasteiger partial charge on any atom is -0.339 e. The highest BCUT2D eigenvalue weighted by Crippen LogP contribution is 2.27. The Balaban J connectivity index is 2.36. The predicted octanol–water partition coefficient (Wildman–Crippen LogP) is 3.99. The topological polar surface area (TPSA) is 66.5 Å². The van der Waals surface area contributed by atoms with E-state index in [1.54, 1.807) is 18.2 Å². The van der Waals surface area contributed by atoms with Crippen molar-refractivity contribution >= 4 is 27.7 Å². The maximum Gasteiger partial charge on any atom is 0.255 e. The van der Waals surface area contributed by atoms with E-state index in [2.05, 4.69) is 4.72 Å². The van der Waals surface area contributed by atoms with Crippen LogP contribution in [0.4, 0.5) is 0 Å². The standard InChI is InChI=1S/C20H32N2O3S2/c1-14(2)19(15(3)4)21-27(24,25)16-9-10-18(26-5)17(13-16)20(23)22-11-7-6-8-12-22/h9-10,13-15,19,21H,6-8,11-12H2,1-5H3. The third-order valence-corrected chi connectivity index (χ3v) is 7.34. The van der Waals surface area contributed by atoms with Gasteiger partial charge in [0.25, 0.3) is 5.91 Å². The average Bonchev–Trinajstić information content (AvgIpc) is 2.65. The number of nitrogens with one attached hydrogen (secondary N) is 1. The summed E-state index contributed by atoms with van der Waals surface area (Å²) in [6.07, 6.45) is 5.06. The molecule has 1 fully saturated rings. The maximum atomic E-state index is 13.0. The molecule has 0 unspecified atom stereocenters. The quantitative estimate of drug-likeness (QED) is 0.688. The molecule has 5 nitrogen and oxygen atoms in total. The molecule has 0 bridgehead atoms. The highest BCUT2D eigenvalue weighted by molar-refractivity contribution is 7.98. The molecule has 1 amide bonds. The minimum atomic E-state index is -3.69. The third kappa shape index (κ3) is 5.48. The number of carbonyl (C=O) groups excluding carboxylic acids is 1. The number of rotatable bonds is 7. The van der Waals surface area contributed by atoms with Crippen molar-refractivity contribution in [3.05, 3.63) is 23.8 Å². The van der Waals surface area contributed by atoms with Crippen molar-refractivity contribution in [2.45, 2.75) is 62.8 Å². The van der Waals surface area contributed by atoms with E-state index in [-0.39, 0.29) is 28.7 Å². The Kier molecular flexibility index (Phi) is 7.77. The second-order valence-electron chi connectivity index (χ2n) is 7.85. The van der Waals surface area contributed by atoms with Gasteiger partial charge in [0.05, 0.1) is 10.5 Å². The first-order valence-corrected chi connectivity index (χ1v) is 12.4. The van der Waals surface area contributed by atoms with Crippen molar-refractivity contribution in [2.24, 2.45) is 11.8 Å². The number of amides is 1. The second-order valence-corrected chi connectivity index (χ2v) is 10.4. The lowest BCUT2D eigenvalue weighted by Gasteiger charge is -2.28. The summed E-state index contributed by atoms with van der Waals surface area (Å²) in [7, 11) is -3.69. The zero-order valence-electron chi connectivity index (χ0n) is 17.0. The molecule has 0 atom stereocenters. The van der Waals surface area contributed by atoms with Gasteiger partial charge in [-0.25, -0.2) is 13.1 Å². The molecule has 1 saturated heterocycles. The van der Waals surface area contributed by atoms with Crippen molar-refractivity contribution < 1.29 is 13.2 Å². The van der Waals surface area contributed by atoms with Crippen LogP contribution in [-0.2, 0) is 10.0 Å². The van der Waals surface area contributed by atoms with E-state index in [0.29, 0.717) is 5.56 Å². The van der Waals surface area contributed by atoms with Gasteiger partial charge < -0.3 is 4.90 Å². The van der Waals surface area contributed by atoms with E-state index in [9.17, 15) is 13.2 Å². The summed E-state index contributed by atoms with van der Waals surface area (Å²) >= 11 is 1.47. The van der Waals surface area contributed by atoms with Gasteiger partial charge in [0.15, 0.2) is 0 Å². The van der Waals surface area contributed by atoms with E-state index in [0.717, 1.165) is 37.2 Å². The molecule has 0 aliphatic carbocycles.